The van der Waals surface area contributed by atoms with Crippen molar-refractivity contribution in [3.63, 3.8) is 0 Å². The fourth-order valence-corrected chi connectivity index (χ4v) is 2.81. The number of aliphatic hydroxyl groups is 2. The van der Waals surface area contributed by atoms with Gasteiger partial charge in [0, 0.05) is 13.6 Å². The van der Waals surface area contributed by atoms with Gasteiger partial charge >= 0.3 is 0 Å². The third kappa shape index (κ3) is 4.82. The summed E-state index contributed by atoms with van der Waals surface area (Å²) < 4.78 is 5.27. The van der Waals surface area contributed by atoms with Crippen LogP contribution in [0.5, 0.6) is 5.88 Å². The zero-order valence-corrected chi connectivity index (χ0v) is 12.7. The van der Waals surface area contributed by atoms with Crippen LogP contribution >= 0.6 is 0 Å². The van der Waals surface area contributed by atoms with Crippen LogP contribution in [0.3, 0.4) is 0 Å². The lowest BCUT2D eigenvalue weighted by Gasteiger charge is -2.32. The monoisotopic (exact) mass is 295 g/mol. The number of aromatic nitrogens is 2. The van der Waals surface area contributed by atoms with E-state index >= 15 is 0 Å². The molecule has 2 N–H and O–H groups in total. The maximum atomic E-state index is 10.7. The summed E-state index contributed by atoms with van der Waals surface area (Å²) in [7, 11) is 1.91. The van der Waals surface area contributed by atoms with Crippen molar-refractivity contribution in [2.45, 2.75) is 44.1 Å². The van der Waals surface area contributed by atoms with Gasteiger partial charge in [-0.05, 0) is 12.8 Å². The maximum Gasteiger partial charge on any atom is 0.234 e. The van der Waals surface area contributed by atoms with Crippen LogP contribution in [-0.4, -0.2) is 52.6 Å². The minimum Gasteiger partial charge on any atom is -0.474 e. The largest absolute Gasteiger partial charge is 0.474 e. The third-order valence-corrected chi connectivity index (χ3v) is 3.90. The Morgan fingerprint density at radius 2 is 1.95 bits per heavy atom. The highest BCUT2D eigenvalue weighted by atomic mass is 16.5. The summed E-state index contributed by atoms with van der Waals surface area (Å²) in [5.41, 5.74) is -0.644. The second-order valence-corrected chi connectivity index (χ2v) is 5.78. The van der Waals surface area contributed by atoms with Crippen LogP contribution in [0.4, 0.5) is 5.82 Å². The van der Waals surface area contributed by atoms with Crippen LogP contribution in [0.25, 0.3) is 0 Å². The molecular formula is C15H25N3O3. The molecule has 1 aromatic rings. The van der Waals surface area contributed by atoms with E-state index in [9.17, 15) is 5.11 Å². The molecule has 1 aliphatic carbocycles. The van der Waals surface area contributed by atoms with Gasteiger partial charge in [0.05, 0.1) is 24.6 Å². The van der Waals surface area contributed by atoms with Crippen molar-refractivity contribution in [3.8, 4) is 5.88 Å². The van der Waals surface area contributed by atoms with Crippen LogP contribution in [0.2, 0.25) is 0 Å². The van der Waals surface area contributed by atoms with Gasteiger partial charge in [-0.2, -0.15) is 4.98 Å². The van der Waals surface area contributed by atoms with Gasteiger partial charge in [-0.15, -0.1) is 0 Å². The van der Waals surface area contributed by atoms with E-state index in [-0.39, 0.29) is 13.2 Å². The highest BCUT2D eigenvalue weighted by molar-refractivity contribution is 5.37. The van der Waals surface area contributed by atoms with Crippen LogP contribution in [-0.2, 0) is 0 Å². The molecular weight excluding hydrogens is 270 g/mol. The third-order valence-electron chi connectivity index (χ3n) is 3.90. The molecule has 0 atom stereocenters. The Hall–Kier alpha value is -1.40. The molecule has 6 nitrogen and oxygen atoms in total. The van der Waals surface area contributed by atoms with Gasteiger partial charge in [0.25, 0.3) is 0 Å². The maximum absolute atomic E-state index is 10.7. The Labute approximate surface area is 125 Å². The number of anilines is 1. The first-order valence-corrected chi connectivity index (χ1v) is 7.62. The Morgan fingerprint density at radius 1 is 1.24 bits per heavy atom. The van der Waals surface area contributed by atoms with E-state index in [2.05, 4.69) is 9.97 Å². The standard InChI is InChI=1S/C15H25N3O3/c1-18(12-15(20)6-4-2-3-5-7-15)13-10-16-11-14(17-13)21-9-8-19/h10-11,19-20H,2-9,12H2,1H3. The lowest BCUT2D eigenvalue weighted by atomic mass is 9.94. The fraction of sp³-hybridized carbons (Fsp3) is 0.733. The second kappa shape index (κ2) is 7.56. The van der Waals surface area contributed by atoms with Gasteiger partial charge in [0.15, 0.2) is 5.82 Å². The predicted molar refractivity (Wildman–Crippen MR) is 80.5 cm³/mol. The zero-order chi connectivity index (χ0) is 15.1. The number of aliphatic hydroxyl groups excluding tert-OH is 1. The van der Waals surface area contributed by atoms with E-state index in [0.29, 0.717) is 18.2 Å². The van der Waals surface area contributed by atoms with Crippen molar-refractivity contribution in [1.82, 2.24) is 9.97 Å². The molecule has 0 radical (unpaired) electrons. The van der Waals surface area contributed by atoms with E-state index in [1.54, 1.807) is 6.20 Å². The van der Waals surface area contributed by atoms with Crippen molar-refractivity contribution in [3.05, 3.63) is 12.4 Å². The molecule has 21 heavy (non-hydrogen) atoms. The van der Waals surface area contributed by atoms with E-state index < -0.39 is 5.60 Å². The van der Waals surface area contributed by atoms with Gasteiger partial charge in [-0.3, -0.25) is 4.98 Å². The first kappa shape index (κ1) is 16.0. The summed E-state index contributed by atoms with van der Waals surface area (Å²) in [6.45, 7) is 0.693. The summed E-state index contributed by atoms with van der Waals surface area (Å²) in [4.78, 5) is 10.4. The predicted octanol–water partition coefficient (Wildman–Crippen LogP) is 1.37. The minimum atomic E-state index is -0.644. The first-order valence-electron chi connectivity index (χ1n) is 7.62. The molecule has 6 heteroatoms. The highest BCUT2D eigenvalue weighted by Crippen LogP contribution is 2.28. The lowest BCUT2D eigenvalue weighted by molar-refractivity contribution is 0.0327. The quantitative estimate of drug-likeness (QED) is 0.772. The van der Waals surface area contributed by atoms with Crippen molar-refractivity contribution in [1.29, 1.82) is 0 Å². The van der Waals surface area contributed by atoms with E-state index in [4.69, 9.17) is 9.84 Å². The van der Waals surface area contributed by atoms with Crippen molar-refractivity contribution >= 4 is 5.82 Å². The summed E-state index contributed by atoms with van der Waals surface area (Å²) in [5.74, 6) is 1.06. The number of rotatable bonds is 6. The molecule has 0 aromatic carbocycles. The van der Waals surface area contributed by atoms with E-state index in [1.165, 1.54) is 19.0 Å². The normalized spacial score (nSPS) is 18.0. The Bertz CT molecular complexity index is 434. The van der Waals surface area contributed by atoms with Crippen molar-refractivity contribution < 1.29 is 14.9 Å². The average molecular weight is 295 g/mol. The second-order valence-electron chi connectivity index (χ2n) is 5.78. The van der Waals surface area contributed by atoms with Crippen LogP contribution in [0.15, 0.2) is 12.4 Å². The average Bonchev–Trinajstić information content (AvgIpc) is 2.70. The number of ether oxygens (including phenoxy) is 1. The Balaban J connectivity index is 2.00. The molecule has 0 unspecified atom stereocenters. The highest BCUT2D eigenvalue weighted by Gasteiger charge is 2.29. The van der Waals surface area contributed by atoms with Gasteiger partial charge in [-0.1, -0.05) is 25.7 Å². The number of hydrogen-bond donors (Lipinski definition) is 2. The number of nitrogens with zero attached hydrogens (tertiary/aromatic N) is 3. The first-order chi connectivity index (χ1) is 10.1. The summed E-state index contributed by atoms with van der Waals surface area (Å²) >= 11 is 0. The minimum absolute atomic E-state index is 0.0541. The summed E-state index contributed by atoms with van der Waals surface area (Å²) in [6.07, 6.45) is 9.42. The smallest absolute Gasteiger partial charge is 0.234 e. The van der Waals surface area contributed by atoms with Crippen LogP contribution in [0.1, 0.15) is 38.5 Å². The molecule has 0 spiro atoms. The fourth-order valence-electron chi connectivity index (χ4n) is 2.81. The topological polar surface area (TPSA) is 78.7 Å². The Morgan fingerprint density at radius 3 is 2.62 bits per heavy atom. The molecule has 118 valence electrons. The van der Waals surface area contributed by atoms with E-state index in [1.807, 2.05) is 11.9 Å². The SMILES string of the molecule is CN(CC1(O)CCCCCC1)c1cncc(OCCO)n1. The summed E-state index contributed by atoms with van der Waals surface area (Å²) in [6, 6.07) is 0. The van der Waals surface area contributed by atoms with Gasteiger partial charge in [0.2, 0.25) is 5.88 Å². The Kier molecular flexibility index (Phi) is 5.76. The molecule has 1 aliphatic rings. The van der Waals surface area contributed by atoms with Gasteiger partial charge in [0.1, 0.15) is 6.61 Å². The van der Waals surface area contributed by atoms with Crippen molar-refractivity contribution in [2.24, 2.45) is 0 Å². The molecule has 1 heterocycles. The number of likely N-dealkylation sites (N-methyl/N-ethyl adjacent to an activating group) is 1. The zero-order valence-electron chi connectivity index (χ0n) is 12.7. The van der Waals surface area contributed by atoms with Gasteiger partial charge < -0.3 is 19.8 Å². The van der Waals surface area contributed by atoms with Crippen molar-refractivity contribution in [2.75, 3.05) is 31.7 Å². The molecule has 1 aromatic heterocycles. The van der Waals surface area contributed by atoms with Crippen LogP contribution in [0, 0.1) is 0 Å². The molecule has 0 amide bonds. The lowest BCUT2D eigenvalue weighted by Crippen LogP contribution is -2.41. The number of hydrogen-bond acceptors (Lipinski definition) is 6. The molecule has 0 bridgehead atoms. The summed E-state index contributed by atoms with van der Waals surface area (Å²) in [5, 5.41) is 19.5. The van der Waals surface area contributed by atoms with Gasteiger partial charge in [-0.25, -0.2) is 0 Å². The molecule has 0 saturated heterocycles. The van der Waals surface area contributed by atoms with E-state index in [0.717, 1.165) is 25.7 Å². The molecule has 1 fully saturated rings. The molecule has 1 saturated carbocycles. The molecule has 0 aliphatic heterocycles. The molecule has 2 rings (SSSR count). The van der Waals surface area contributed by atoms with Crippen LogP contribution < -0.4 is 9.64 Å².